The van der Waals surface area contributed by atoms with E-state index < -0.39 is 0 Å². The highest BCUT2D eigenvalue weighted by Gasteiger charge is 2.02. The van der Waals surface area contributed by atoms with Crippen molar-refractivity contribution in [2.45, 2.75) is 6.61 Å². The minimum Gasteiger partial charge on any atom is -0.619 e. The summed E-state index contributed by atoms with van der Waals surface area (Å²) < 4.78 is 19.2. The first-order chi connectivity index (χ1) is 7.75. The molecule has 82 valence electrons. The normalized spacial score (nSPS) is 10.1. The van der Waals surface area contributed by atoms with E-state index in [1.165, 1.54) is 30.6 Å². The van der Waals surface area contributed by atoms with Gasteiger partial charge in [-0.15, -0.1) is 0 Å². The minimum absolute atomic E-state index is 0.148. The van der Waals surface area contributed by atoms with Crippen LogP contribution in [0.5, 0.6) is 5.75 Å². The maximum Gasteiger partial charge on any atom is 0.184 e. The highest BCUT2D eigenvalue weighted by Crippen LogP contribution is 2.12. The highest BCUT2D eigenvalue weighted by atomic mass is 19.1. The molecule has 0 aliphatic heterocycles. The van der Waals surface area contributed by atoms with Crippen LogP contribution in [0, 0.1) is 11.0 Å². The van der Waals surface area contributed by atoms with Gasteiger partial charge < -0.3 is 9.94 Å². The van der Waals surface area contributed by atoms with Crippen molar-refractivity contribution in [2.24, 2.45) is 0 Å². The number of nitrogens with zero attached hydrogens (tertiary/aromatic N) is 1. The summed E-state index contributed by atoms with van der Waals surface area (Å²) in [7, 11) is 0. The Morgan fingerprint density at radius 3 is 2.50 bits per heavy atom. The molecule has 1 aromatic heterocycles. The molecule has 0 fully saturated rings. The van der Waals surface area contributed by atoms with Crippen molar-refractivity contribution in [2.75, 3.05) is 0 Å². The first kappa shape index (κ1) is 10.4. The first-order valence-corrected chi connectivity index (χ1v) is 4.81. The van der Waals surface area contributed by atoms with Crippen molar-refractivity contribution in [3.63, 3.8) is 0 Å². The van der Waals surface area contributed by atoms with Gasteiger partial charge in [0.05, 0.1) is 0 Å². The van der Waals surface area contributed by atoms with Gasteiger partial charge in [0.2, 0.25) is 0 Å². The largest absolute Gasteiger partial charge is 0.619 e. The molecule has 0 saturated heterocycles. The van der Waals surface area contributed by atoms with Gasteiger partial charge in [0.1, 0.15) is 18.2 Å². The molecular weight excluding hydrogens is 209 g/mol. The summed E-state index contributed by atoms with van der Waals surface area (Å²) in [6, 6.07) is 9.49. The highest BCUT2D eigenvalue weighted by molar-refractivity contribution is 5.19. The van der Waals surface area contributed by atoms with E-state index in [4.69, 9.17) is 4.74 Å². The van der Waals surface area contributed by atoms with E-state index >= 15 is 0 Å². The SMILES string of the molecule is [O-][n+]1ccc(OCc2ccccc2F)cc1. The molecule has 2 aromatic rings. The van der Waals surface area contributed by atoms with Crippen LogP contribution in [0.25, 0.3) is 0 Å². The van der Waals surface area contributed by atoms with Gasteiger partial charge in [-0.3, -0.25) is 0 Å². The van der Waals surface area contributed by atoms with Gasteiger partial charge in [0.25, 0.3) is 0 Å². The van der Waals surface area contributed by atoms with Crippen LogP contribution < -0.4 is 9.47 Å². The number of aromatic nitrogens is 1. The van der Waals surface area contributed by atoms with E-state index in [0.717, 1.165) is 0 Å². The Labute approximate surface area is 92.3 Å². The topological polar surface area (TPSA) is 36.2 Å². The van der Waals surface area contributed by atoms with Crippen LogP contribution in [-0.4, -0.2) is 0 Å². The molecule has 1 aromatic carbocycles. The molecule has 0 spiro atoms. The monoisotopic (exact) mass is 219 g/mol. The minimum atomic E-state index is -0.294. The number of benzene rings is 1. The van der Waals surface area contributed by atoms with Gasteiger partial charge in [0, 0.05) is 17.7 Å². The number of hydrogen-bond acceptors (Lipinski definition) is 2. The quantitative estimate of drug-likeness (QED) is 0.585. The lowest BCUT2D eigenvalue weighted by Gasteiger charge is -2.06. The summed E-state index contributed by atoms with van der Waals surface area (Å²) in [5.74, 6) is 0.243. The van der Waals surface area contributed by atoms with Gasteiger partial charge in [-0.2, -0.15) is 4.73 Å². The standard InChI is InChI=1S/C12H10FNO2/c13-12-4-2-1-3-10(12)9-16-11-5-7-14(15)8-6-11/h1-8H,9H2. The van der Waals surface area contributed by atoms with E-state index in [1.54, 1.807) is 18.2 Å². The second kappa shape index (κ2) is 4.61. The molecule has 0 amide bonds. The van der Waals surface area contributed by atoms with Crippen molar-refractivity contribution in [1.82, 2.24) is 0 Å². The maximum absolute atomic E-state index is 13.2. The zero-order valence-corrected chi connectivity index (χ0v) is 8.47. The summed E-state index contributed by atoms with van der Waals surface area (Å²) in [6.45, 7) is 0.148. The van der Waals surface area contributed by atoms with Crippen molar-refractivity contribution in [3.8, 4) is 5.75 Å². The number of ether oxygens (including phenoxy) is 1. The molecule has 0 saturated carbocycles. The lowest BCUT2D eigenvalue weighted by molar-refractivity contribution is -0.605. The Morgan fingerprint density at radius 2 is 1.81 bits per heavy atom. The second-order valence-corrected chi connectivity index (χ2v) is 3.27. The van der Waals surface area contributed by atoms with Gasteiger partial charge >= 0.3 is 0 Å². The maximum atomic E-state index is 13.2. The van der Waals surface area contributed by atoms with Crippen molar-refractivity contribution in [3.05, 3.63) is 65.4 Å². The molecule has 0 bridgehead atoms. The Bertz CT molecular complexity index is 471. The van der Waals surface area contributed by atoms with Gasteiger partial charge in [-0.1, -0.05) is 18.2 Å². The van der Waals surface area contributed by atoms with Crippen molar-refractivity contribution in [1.29, 1.82) is 0 Å². The van der Waals surface area contributed by atoms with Gasteiger partial charge in [-0.25, -0.2) is 4.39 Å². The fraction of sp³-hybridized carbons (Fsp3) is 0.0833. The Hall–Kier alpha value is -2.10. The van der Waals surface area contributed by atoms with Crippen LogP contribution in [0.15, 0.2) is 48.8 Å². The second-order valence-electron chi connectivity index (χ2n) is 3.27. The number of pyridine rings is 1. The van der Waals surface area contributed by atoms with Crippen molar-refractivity contribution >= 4 is 0 Å². The molecule has 0 radical (unpaired) electrons. The van der Waals surface area contributed by atoms with Crippen LogP contribution in [0.2, 0.25) is 0 Å². The molecule has 0 atom stereocenters. The zero-order chi connectivity index (χ0) is 11.4. The van der Waals surface area contributed by atoms with E-state index in [-0.39, 0.29) is 12.4 Å². The van der Waals surface area contributed by atoms with E-state index in [1.807, 2.05) is 0 Å². The molecule has 0 aliphatic rings. The summed E-state index contributed by atoms with van der Waals surface area (Å²) in [5, 5.41) is 10.8. The predicted octanol–water partition coefficient (Wildman–Crippen LogP) is 2.04. The van der Waals surface area contributed by atoms with E-state index in [9.17, 15) is 9.60 Å². The van der Waals surface area contributed by atoms with Crippen LogP contribution in [-0.2, 0) is 6.61 Å². The van der Waals surface area contributed by atoms with Crippen LogP contribution >= 0.6 is 0 Å². The third-order valence-corrected chi connectivity index (χ3v) is 2.12. The Morgan fingerprint density at radius 1 is 1.12 bits per heavy atom. The van der Waals surface area contributed by atoms with Gasteiger partial charge in [-0.05, 0) is 6.07 Å². The molecule has 1 heterocycles. The molecule has 3 nitrogen and oxygen atoms in total. The fourth-order valence-corrected chi connectivity index (χ4v) is 1.27. The van der Waals surface area contributed by atoms with E-state index in [2.05, 4.69) is 0 Å². The molecule has 0 aliphatic carbocycles. The van der Waals surface area contributed by atoms with Crippen LogP contribution in [0.1, 0.15) is 5.56 Å². The summed E-state index contributed by atoms with van der Waals surface area (Å²) in [5.41, 5.74) is 0.487. The summed E-state index contributed by atoms with van der Waals surface area (Å²) in [6.07, 6.45) is 2.66. The Kier molecular flexibility index (Phi) is 3.00. The average molecular weight is 219 g/mol. The molecule has 0 unspecified atom stereocenters. The predicted molar refractivity (Wildman–Crippen MR) is 56.1 cm³/mol. The van der Waals surface area contributed by atoms with Gasteiger partial charge in [0.15, 0.2) is 12.4 Å². The third kappa shape index (κ3) is 2.48. The molecule has 4 heteroatoms. The van der Waals surface area contributed by atoms with E-state index in [0.29, 0.717) is 16.0 Å². The third-order valence-electron chi connectivity index (χ3n) is 2.12. The lowest BCUT2D eigenvalue weighted by Crippen LogP contribution is -2.23. The van der Waals surface area contributed by atoms with Crippen LogP contribution in [0.3, 0.4) is 0 Å². The molecule has 0 N–H and O–H groups in total. The number of halogens is 1. The first-order valence-electron chi connectivity index (χ1n) is 4.81. The summed E-state index contributed by atoms with van der Waals surface area (Å²) >= 11 is 0. The zero-order valence-electron chi connectivity index (χ0n) is 8.47. The molecule has 16 heavy (non-hydrogen) atoms. The summed E-state index contributed by atoms with van der Waals surface area (Å²) in [4.78, 5) is 0. The average Bonchev–Trinajstić information content (AvgIpc) is 2.30. The van der Waals surface area contributed by atoms with Crippen molar-refractivity contribution < 1.29 is 13.9 Å². The van der Waals surface area contributed by atoms with Crippen LogP contribution in [0.4, 0.5) is 4.39 Å². The smallest absolute Gasteiger partial charge is 0.184 e. The number of hydrogen-bond donors (Lipinski definition) is 0. The number of rotatable bonds is 3. The Balaban J connectivity index is 2.02. The fourth-order valence-electron chi connectivity index (χ4n) is 1.27. The lowest BCUT2D eigenvalue weighted by atomic mass is 10.2. The molecule has 2 rings (SSSR count). The molecular formula is C12H10FNO2.